The summed E-state index contributed by atoms with van der Waals surface area (Å²) in [5.41, 5.74) is 2.02. The molecule has 0 saturated carbocycles. The molecule has 0 saturated heterocycles. The maximum atomic E-state index is 5.41. The predicted molar refractivity (Wildman–Crippen MR) is 80.0 cm³/mol. The average Bonchev–Trinajstić information content (AvgIpc) is 2.47. The minimum absolute atomic E-state index is 0.524. The van der Waals surface area contributed by atoms with Gasteiger partial charge in [0.15, 0.2) is 0 Å². The van der Waals surface area contributed by atoms with E-state index in [0.717, 1.165) is 22.8 Å². The summed E-state index contributed by atoms with van der Waals surface area (Å²) in [6, 6.07) is 5.81. The zero-order valence-electron chi connectivity index (χ0n) is 12.7. The molecule has 0 radical (unpaired) electrons. The van der Waals surface area contributed by atoms with E-state index in [4.69, 9.17) is 14.2 Å². The number of nitrogens with one attached hydrogen (secondary N) is 1. The Balaban J connectivity index is 2.84. The first kappa shape index (κ1) is 16.3. The van der Waals surface area contributed by atoms with Crippen LogP contribution in [0, 0.1) is 0 Å². The van der Waals surface area contributed by atoms with E-state index >= 15 is 0 Å². The van der Waals surface area contributed by atoms with Gasteiger partial charge in [-0.05, 0) is 6.07 Å². The van der Waals surface area contributed by atoms with Gasteiger partial charge in [0.2, 0.25) is 0 Å². The van der Waals surface area contributed by atoms with E-state index in [0.29, 0.717) is 19.8 Å². The normalized spacial score (nSPS) is 10.4. The van der Waals surface area contributed by atoms with Crippen molar-refractivity contribution in [1.29, 1.82) is 0 Å². The monoisotopic (exact) mass is 280 g/mol. The first-order valence-corrected chi connectivity index (χ1v) is 6.42. The van der Waals surface area contributed by atoms with Crippen LogP contribution in [0.1, 0.15) is 5.56 Å². The van der Waals surface area contributed by atoms with Crippen LogP contribution in [-0.2, 0) is 11.3 Å². The average molecular weight is 280 g/mol. The highest BCUT2D eigenvalue weighted by Crippen LogP contribution is 2.25. The molecule has 0 atom stereocenters. The second-order valence-corrected chi connectivity index (χ2v) is 4.44. The molecule has 5 nitrogen and oxygen atoms in total. The van der Waals surface area contributed by atoms with Crippen LogP contribution in [0.2, 0.25) is 0 Å². The van der Waals surface area contributed by atoms with Gasteiger partial charge in [-0.2, -0.15) is 0 Å². The second kappa shape index (κ2) is 8.45. The molecule has 0 heterocycles. The summed E-state index contributed by atoms with van der Waals surface area (Å²) < 4.78 is 15.8. The molecule has 1 aromatic carbocycles. The van der Waals surface area contributed by atoms with Crippen LogP contribution in [-0.4, -0.2) is 46.6 Å². The van der Waals surface area contributed by atoms with Gasteiger partial charge in [0.25, 0.3) is 0 Å². The molecule has 0 aliphatic heterocycles. The van der Waals surface area contributed by atoms with Gasteiger partial charge in [-0.3, -0.25) is 4.90 Å². The van der Waals surface area contributed by atoms with E-state index in [2.05, 4.69) is 16.8 Å². The number of rotatable bonds is 9. The lowest BCUT2D eigenvalue weighted by Crippen LogP contribution is -2.30. The number of methoxy groups -OCH3 is 3. The van der Waals surface area contributed by atoms with Crippen LogP contribution in [0.3, 0.4) is 0 Å². The lowest BCUT2D eigenvalue weighted by Gasteiger charge is -2.23. The highest BCUT2D eigenvalue weighted by atomic mass is 16.5. The highest BCUT2D eigenvalue weighted by Gasteiger charge is 2.11. The fourth-order valence-corrected chi connectivity index (χ4v) is 1.90. The van der Waals surface area contributed by atoms with Crippen molar-refractivity contribution in [1.82, 2.24) is 10.2 Å². The SMILES string of the molecule is C=C(CN(COC)Cc1ccc(OC)cc1OC)NC. The maximum absolute atomic E-state index is 5.41. The van der Waals surface area contributed by atoms with Crippen molar-refractivity contribution in [2.24, 2.45) is 0 Å². The molecule has 112 valence electrons. The van der Waals surface area contributed by atoms with Gasteiger partial charge in [0, 0.05) is 44.6 Å². The molecular formula is C15H24N2O3. The fraction of sp³-hybridized carbons (Fsp3) is 0.467. The summed E-state index contributed by atoms with van der Waals surface area (Å²) in [6.45, 7) is 5.89. The summed E-state index contributed by atoms with van der Waals surface area (Å²) in [5, 5.41) is 3.04. The van der Waals surface area contributed by atoms with Crippen molar-refractivity contribution in [3.8, 4) is 11.5 Å². The topological polar surface area (TPSA) is 43.0 Å². The summed E-state index contributed by atoms with van der Waals surface area (Å²) in [6.07, 6.45) is 0. The van der Waals surface area contributed by atoms with Crippen molar-refractivity contribution in [3.05, 3.63) is 36.0 Å². The number of nitrogens with zero attached hydrogens (tertiary/aromatic N) is 1. The van der Waals surface area contributed by atoms with Crippen molar-refractivity contribution < 1.29 is 14.2 Å². The van der Waals surface area contributed by atoms with Crippen LogP contribution < -0.4 is 14.8 Å². The molecule has 5 heteroatoms. The summed E-state index contributed by atoms with van der Waals surface area (Å²) >= 11 is 0. The van der Waals surface area contributed by atoms with Crippen LogP contribution in [0.15, 0.2) is 30.5 Å². The molecule has 20 heavy (non-hydrogen) atoms. The van der Waals surface area contributed by atoms with Gasteiger partial charge < -0.3 is 19.5 Å². The molecule has 1 rings (SSSR count). The third-order valence-corrected chi connectivity index (χ3v) is 2.97. The number of hydrogen-bond acceptors (Lipinski definition) is 5. The molecule has 0 aromatic heterocycles. The van der Waals surface area contributed by atoms with E-state index in [9.17, 15) is 0 Å². The number of ether oxygens (including phenoxy) is 3. The Morgan fingerprint density at radius 2 is 2.00 bits per heavy atom. The van der Waals surface area contributed by atoms with Crippen LogP contribution in [0.5, 0.6) is 11.5 Å². The summed E-state index contributed by atoms with van der Waals surface area (Å²) in [7, 11) is 6.84. The van der Waals surface area contributed by atoms with Crippen molar-refractivity contribution in [2.75, 3.05) is 41.7 Å². The molecule has 0 amide bonds. The third kappa shape index (κ3) is 4.75. The Morgan fingerprint density at radius 3 is 2.55 bits per heavy atom. The summed E-state index contributed by atoms with van der Waals surface area (Å²) in [4.78, 5) is 2.13. The highest BCUT2D eigenvalue weighted by molar-refractivity contribution is 5.40. The first-order chi connectivity index (χ1) is 9.64. The second-order valence-electron chi connectivity index (χ2n) is 4.44. The Labute approximate surface area is 121 Å². The van der Waals surface area contributed by atoms with Crippen LogP contribution in [0.4, 0.5) is 0 Å². The Kier molecular flexibility index (Phi) is 6.90. The van der Waals surface area contributed by atoms with E-state index in [1.54, 1.807) is 21.3 Å². The molecule has 0 bridgehead atoms. The van der Waals surface area contributed by atoms with E-state index in [-0.39, 0.29) is 0 Å². The molecule has 0 spiro atoms. The Hall–Kier alpha value is -1.72. The zero-order chi connectivity index (χ0) is 15.0. The number of likely N-dealkylation sites (N-methyl/N-ethyl adjacent to an activating group) is 1. The van der Waals surface area contributed by atoms with Gasteiger partial charge in [-0.15, -0.1) is 0 Å². The van der Waals surface area contributed by atoms with Crippen LogP contribution in [0.25, 0.3) is 0 Å². The van der Waals surface area contributed by atoms with Gasteiger partial charge in [-0.25, -0.2) is 0 Å². The summed E-state index contributed by atoms with van der Waals surface area (Å²) in [5.74, 6) is 1.59. The molecule has 1 N–H and O–H groups in total. The molecule has 0 aliphatic carbocycles. The zero-order valence-corrected chi connectivity index (χ0v) is 12.7. The van der Waals surface area contributed by atoms with Gasteiger partial charge in [0.1, 0.15) is 11.5 Å². The van der Waals surface area contributed by atoms with Gasteiger partial charge in [0.05, 0.1) is 21.0 Å². The minimum Gasteiger partial charge on any atom is -0.497 e. The van der Waals surface area contributed by atoms with Crippen LogP contribution >= 0.6 is 0 Å². The predicted octanol–water partition coefficient (Wildman–Crippen LogP) is 1.84. The lowest BCUT2D eigenvalue weighted by molar-refractivity contribution is 0.0632. The maximum Gasteiger partial charge on any atom is 0.127 e. The van der Waals surface area contributed by atoms with Gasteiger partial charge in [-0.1, -0.05) is 12.6 Å². The number of benzene rings is 1. The molecule has 0 fully saturated rings. The molecule has 0 unspecified atom stereocenters. The molecule has 1 aromatic rings. The van der Waals surface area contributed by atoms with Crippen molar-refractivity contribution in [2.45, 2.75) is 6.54 Å². The number of hydrogen-bond donors (Lipinski definition) is 1. The Bertz CT molecular complexity index is 435. The van der Waals surface area contributed by atoms with E-state index in [1.807, 2.05) is 25.2 Å². The van der Waals surface area contributed by atoms with Crippen molar-refractivity contribution in [3.63, 3.8) is 0 Å². The van der Waals surface area contributed by atoms with Gasteiger partial charge >= 0.3 is 0 Å². The quantitative estimate of drug-likeness (QED) is 0.699. The first-order valence-electron chi connectivity index (χ1n) is 6.42. The smallest absolute Gasteiger partial charge is 0.127 e. The van der Waals surface area contributed by atoms with Crippen molar-refractivity contribution >= 4 is 0 Å². The fourth-order valence-electron chi connectivity index (χ4n) is 1.90. The lowest BCUT2D eigenvalue weighted by atomic mass is 10.1. The molecule has 0 aliphatic rings. The third-order valence-electron chi connectivity index (χ3n) is 2.97. The minimum atomic E-state index is 0.524. The Morgan fingerprint density at radius 1 is 1.25 bits per heavy atom. The standard InChI is InChI=1S/C15H24N2O3/c1-12(16-2)9-17(11-18-3)10-13-6-7-14(19-4)8-15(13)20-5/h6-8,16H,1,9-11H2,2-5H3. The van der Waals surface area contributed by atoms with E-state index in [1.165, 1.54) is 0 Å². The molecular weight excluding hydrogens is 256 g/mol. The largest absolute Gasteiger partial charge is 0.497 e. The van der Waals surface area contributed by atoms with E-state index < -0.39 is 0 Å².